The van der Waals surface area contributed by atoms with Gasteiger partial charge in [-0.05, 0) is 26.0 Å². The van der Waals surface area contributed by atoms with E-state index in [2.05, 4.69) is 9.97 Å². The van der Waals surface area contributed by atoms with Gasteiger partial charge in [-0.15, -0.1) is 0 Å². The van der Waals surface area contributed by atoms with Crippen LogP contribution < -0.4 is 22.5 Å². The Hall–Kier alpha value is -2.74. The average Bonchev–Trinajstić information content (AvgIpc) is 3.40. The van der Waals surface area contributed by atoms with Crippen LogP contribution in [-0.4, -0.2) is 56.8 Å². The van der Waals surface area contributed by atoms with Crippen LogP contribution in [-0.2, 0) is 23.0 Å². The minimum absolute atomic E-state index is 0.118. The second kappa shape index (κ2) is 11.1. The van der Waals surface area contributed by atoms with Crippen LogP contribution in [0.3, 0.4) is 0 Å². The Morgan fingerprint density at radius 2 is 1.78 bits per heavy atom. The number of aromatic amines is 2. The molecule has 2 aliphatic heterocycles. The van der Waals surface area contributed by atoms with Gasteiger partial charge in [0.2, 0.25) is 0 Å². The predicted octanol–water partition coefficient (Wildman–Crippen LogP) is 0.757. The lowest BCUT2D eigenvalue weighted by molar-refractivity contribution is -0.0869. The van der Waals surface area contributed by atoms with Crippen molar-refractivity contribution in [2.75, 3.05) is 13.7 Å². The summed E-state index contributed by atoms with van der Waals surface area (Å²) < 4.78 is 32.0. The van der Waals surface area contributed by atoms with E-state index >= 15 is 0 Å². The van der Waals surface area contributed by atoms with E-state index < -0.39 is 61.4 Å². The van der Waals surface area contributed by atoms with Crippen molar-refractivity contribution in [3.05, 3.63) is 66.2 Å². The maximum absolute atomic E-state index is 12.2. The maximum atomic E-state index is 12.2. The average molecular weight is 525 g/mol. The molecule has 6 atom stereocenters. The fraction of sp³-hybridized carbons (Fsp3) is 0.571. The molecular formula is C21H28N5O9P. The predicted molar refractivity (Wildman–Crippen MR) is 127 cm³/mol. The summed E-state index contributed by atoms with van der Waals surface area (Å²) in [7, 11) is -0.389. The summed E-state index contributed by atoms with van der Waals surface area (Å²) in [5, 5.41) is 7.47. The Balaban J connectivity index is 1.38. The zero-order valence-electron chi connectivity index (χ0n) is 19.7. The maximum Gasteiger partial charge on any atom is 0.332 e. The number of rotatable bonds is 10. The van der Waals surface area contributed by atoms with Gasteiger partial charge in [-0.2, -0.15) is 0 Å². The molecule has 2 aromatic rings. The molecule has 2 fully saturated rings. The summed E-state index contributed by atoms with van der Waals surface area (Å²) in [6.45, 7) is 1.97. The summed E-state index contributed by atoms with van der Waals surface area (Å²) in [5.74, 6) is 0. The van der Waals surface area contributed by atoms with Gasteiger partial charge < -0.3 is 28.5 Å². The topological polar surface area (TPSA) is 180 Å². The largest absolute Gasteiger partial charge is 0.351 e. The van der Waals surface area contributed by atoms with E-state index in [4.69, 9.17) is 28.5 Å². The molecule has 0 spiro atoms. The van der Waals surface area contributed by atoms with Gasteiger partial charge in [-0.1, -0.05) is 0 Å². The zero-order valence-corrected chi connectivity index (χ0v) is 20.6. The first-order valence-electron chi connectivity index (χ1n) is 11.3. The van der Waals surface area contributed by atoms with Crippen molar-refractivity contribution in [3.8, 4) is 0 Å². The van der Waals surface area contributed by atoms with Crippen LogP contribution in [0.5, 0.6) is 0 Å². The molecule has 4 rings (SSSR count). The fourth-order valence-corrected chi connectivity index (χ4v) is 5.29. The van der Waals surface area contributed by atoms with Gasteiger partial charge >= 0.3 is 20.0 Å². The van der Waals surface area contributed by atoms with Gasteiger partial charge in [0.05, 0.1) is 24.4 Å². The lowest BCUT2D eigenvalue weighted by Crippen LogP contribution is -2.34. The number of hydrogen-bond acceptors (Lipinski definition) is 10. The van der Waals surface area contributed by atoms with Gasteiger partial charge in [0.15, 0.2) is 0 Å². The highest BCUT2D eigenvalue weighted by Gasteiger charge is 2.41. The summed E-state index contributed by atoms with van der Waals surface area (Å²) in [5.41, 5.74) is -2.86. The lowest BCUT2D eigenvalue weighted by Gasteiger charge is -2.28. The van der Waals surface area contributed by atoms with Crippen LogP contribution >= 0.6 is 8.60 Å². The lowest BCUT2D eigenvalue weighted by atomic mass is 10.0. The Bertz CT molecular complexity index is 1310. The van der Waals surface area contributed by atoms with Gasteiger partial charge in [-0.25, -0.2) is 9.59 Å². The molecule has 2 aromatic heterocycles. The number of ether oxygens (including phenoxy) is 2. The van der Waals surface area contributed by atoms with E-state index in [0.29, 0.717) is 12.8 Å². The molecular weight excluding hydrogens is 497 g/mol. The Morgan fingerprint density at radius 3 is 2.36 bits per heavy atom. The molecule has 0 radical (unpaired) electrons. The molecule has 15 heteroatoms. The first-order chi connectivity index (χ1) is 17.2. The van der Waals surface area contributed by atoms with Crippen LogP contribution in [0, 0.1) is 5.41 Å². The first kappa shape index (κ1) is 26.3. The van der Waals surface area contributed by atoms with E-state index in [1.165, 1.54) is 47.0 Å². The summed E-state index contributed by atoms with van der Waals surface area (Å²) in [6, 6.07) is 2.49. The van der Waals surface area contributed by atoms with Crippen LogP contribution in [0.1, 0.15) is 45.1 Å². The normalized spacial score (nSPS) is 28.8. The van der Waals surface area contributed by atoms with Crippen molar-refractivity contribution in [1.29, 1.82) is 5.41 Å². The summed E-state index contributed by atoms with van der Waals surface area (Å²) >= 11 is 0. The number of nitrogens with zero attached hydrogens (tertiary/aromatic N) is 2. The number of nitrogens with one attached hydrogen (secondary N) is 3. The first-order valence-corrected chi connectivity index (χ1v) is 12.4. The minimum Gasteiger partial charge on any atom is -0.351 e. The third-order valence-electron chi connectivity index (χ3n) is 6.04. The molecule has 2 saturated heterocycles. The van der Waals surface area contributed by atoms with Crippen LogP contribution in [0.25, 0.3) is 0 Å². The molecule has 4 heterocycles. The fourth-order valence-electron chi connectivity index (χ4n) is 4.22. The SMILES string of the molecule is COP(OC[C@]1(C)CCC(n2ccc(=O)[nH]c2=O)O1)O[C@H]1CC(n2ccc(=O)[nH]c2=O)OC1CC=N. The van der Waals surface area contributed by atoms with Gasteiger partial charge in [0.25, 0.3) is 11.1 Å². The molecule has 2 aliphatic rings. The minimum atomic E-state index is -1.83. The summed E-state index contributed by atoms with van der Waals surface area (Å²) in [6.07, 6.45) is 3.33. The van der Waals surface area contributed by atoms with Crippen molar-refractivity contribution in [1.82, 2.24) is 19.1 Å². The van der Waals surface area contributed by atoms with Crippen LogP contribution in [0.4, 0.5) is 0 Å². The van der Waals surface area contributed by atoms with E-state index in [9.17, 15) is 19.2 Å². The Morgan fingerprint density at radius 1 is 1.14 bits per heavy atom. The zero-order chi connectivity index (χ0) is 25.9. The monoisotopic (exact) mass is 525 g/mol. The third kappa shape index (κ3) is 5.97. The van der Waals surface area contributed by atoms with E-state index in [0.717, 1.165) is 0 Å². The standard InChI is InChI=1S/C21H28N5O9P/c1-21(7-3-17(34-21)25-9-5-15(27)23-19(25)29)12-32-36(31-2)35-14-11-18(33-13(14)4-8-22)26-10-6-16(28)24-20(26)30/h5-6,8-10,13-14,17-18,22H,3-4,7,11-12H2,1-2H3,(H,23,27,29)(H,24,28,30)/t13?,14-,17?,18?,21-,36?/m0/s1. The van der Waals surface area contributed by atoms with E-state index in [-0.39, 0.29) is 19.4 Å². The van der Waals surface area contributed by atoms with E-state index in [1.54, 1.807) is 0 Å². The molecule has 4 unspecified atom stereocenters. The summed E-state index contributed by atoms with van der Waals surface area (Å²) in [4.78, 5) is 51.4. The smallest absolute Gasteiger partial charge is 0.332 e. The third-order valence-corrected chi connectivity index (χ3v) is 7.12. The van der Waals surface area contributed by atoms with Crippen LogP contribution in [0.15, 0.2) is 43.7 Å². The molecule has 36 heavy (non-hydrogen) atoms. The van der Waals surface area contributed by atoms with Crippen molar-refractivity contribution < 1.29 is 23.0 Å². The highest BCUT2D eigenvalue weighted by molar-refractivity contribution is 7.41. The highest BCUT2D eigenvalue weighted by Crippen LogP contribution is 2.47. The molecule has 0 amide bonds. The van der Waals surface area contributed by atoms with Gasteiger partial charge in [0.1, 0.15) is 12.5 Å². The Kier molecular flexibility index (Phi) is 8.13. The van der Waals surface area contributed by atoms with Crippen LogP contribution in [0.2, 0.25) is 0 Å². The molecule has 0 saturated carbocycles. The molecule has 0 bridgehead atoms. The molecule has 14 nitrogen and oxygen atoms in total. The second-order valence-corrected chi connectivity index (χ2v) is 10.0. The highest BCUT2D eigenvalue weighted by atomic mass is 31.2. The Labute approximate surface area is 205 Å². The van der Waals surface area contributed by atoms with Crippen molar-refractivity contribution >= 4 is 14.8 Å². The molecule has 196 valence electrons. The van der Waals surface area contributed by atoms with E-state index in [1.807, 2.05) is 6.92 Å². The van der Waals surface area contributed by atoms with Gasteiger partial charge in [-0.3, -0.25) is 28.7 Å². The number of H-pyrrole nitrogens is 2. The van der Waals surface area contributed by atoms with Crippen molar-refractivity contribution in [2.45, 2.75) is 62.9 Å². The molecule has 0 aromatic carbocycles. The molecule has 3 N–H and O–H groups in total. The number of aromatic nitrogens is 4. The number of hydrogen-bond donors (Lipinski definition) is 3. The molecule has 0 aliphatic carbocycles. The van der Waals surface area contributed by atoms with Gasteiger partial charge in [0, 0.05) is 44.5 Å². The second-order valence-electron chi connectivity index (χ2n) is 8.72. The quantitative estimate of drug-likeness (QED) is 0.298. The van der Waals surface area contributed by atoms with Crippen molar-refractivity contribution in [2.24, 2.45) is 0 Å². The van der Waals surface area contributed by atoms with Crippen molar-refractivity contribution in [3.63, 3.8) is 0 Å².